The SMILES string of the molecule is CC1(C)CCC(CNCC2(CCO)CC2)O1. The van der Waals surface area contributed by atoms with Gasteiger partial charge in [-0.2, -0.15) is 0 Å². The molecule has 2 N–H and O–H groups in total. The summed E-state index contributed by atoms with van der Waals surface area (Å²) in [5.41, 5.74) is 0.498. The molecule has 2 rings (SSSR count). The maximum atomic E-state index is 8.97. The van der Waals surface area contributed by atoms with Crippen molar-refractivity contribution in [3.63, 3.8) is 0 Å². The Labute approximate surface area is 98.6 Å². The van der Waals surface area contributed by atoms with Crippen LogP contribution in [0.15, 0.2) is 0 Å². The van der Waals surface area contributed by atoms with Crippen molar-refractivity contribution in [1.82, 2.24) is 5.32 Å². The minimum absolute atomic E-state index is 0.0781. The fraction of sp³-hybridized carbons (Fsp3) is 1.00. The van der Waals surface area contributed by atoms with E-state index in [0.29, 0.717) is 18.1 Å². The topological polar surface area (TPSA) is 41.5 Å². The van der Waals surface area contributed by atoms with Crippen LogP contribution in [0.1, 0.15) is 46.0 Å². The first-order chi connectivity index (χ1) is 7.55. The third kappa shape index (κ3) is 3.19. The van der Waals surface area contributed by atoms with Gasteiger partial charge in [-0.05, 0) is 51.4 Å². The molecule has 0 bridgehead atoms. The molecular formula is C13H25NO2. The van der Waals surface area contributed by atoms with Crippen LogP contribution >= 0.6 is 0 Å². The molecule has 3 nitrogen and oxygen atoms in total. The Morgan fingerprint density at radius 2 is 2.06 bits per heavy atom. The van der Waals surface area contributed by atoms with Crippen molar-refractivity contribution in [3.8, 4) is 0 Å². The van der Waals surface area contributed by atoms with E-state index >= 15 is 0 Å². The summed E-state index contributed by atoms with van der Waals surface area (Å²) in [4.78, 5) is 0. The Morgan fingerprint density at radius 3 is 2.56 bits per heavy atom. The maximum absolute atomic E-state index is 8.97. The predicted octanol–water partition coefficient (Wildman–Crippen LogP) is 1.70. The first kappa shape index (κ1) is 12.3. The Balaban J connectivity index is 1.62. The molecule has 0 aromatic rings. The largest absolute Gasteiger partial charge is 0.396 e. The van der Waals surface area contributed by atoms with Crippen LogP contribution in [0.3, 0.4) is 0 Å². The highest BCUT2D eigenvalue weighted by Gasteiger charge is 2.41. The molecule has 0 aromatic heterocycles. The van der Waals surface area contributed by atoms with Gasteiger partial charge in [0.25, 0.3) is 0 Å². The monoisotopic (exact) mass is 227 g/mol. The molecule has 0 aromatic carbocycles. The zero-order chi connectivity index (χ0) is 11.6. The zero-order valence-electron chi connectivity index (χ0n) is 10.6. The van der Waals surface area contributed by atoms with Gasteiger partial charge in [-0.3, -0.25) is 0 Å². The van der Waals surface area contributed by atoms with Gasteiger partial charge in [-0.15, -0.1) is 0 Å². The Hall–Kier alpha value is -0.120. The van der Waals surface area contributed by atoms with Gasteiger partial charge in [0, 0.05) is 19.7 Å². The fourth-order valence-electron chi connectivity index (χ4n) is 2.65. The smallest absolute Gasteiger partial charge is 0.0707 e. The molecule has 1 saturated carbocycles. The molecule has 3 heteroatoms. The van der Waals surface area contributed by atoms with Gasteiger partial charge in [0.15, 0.2) is 0 Å². The van der Waals surface area contributed by atoms with E-state index in [9.17, 15) is 0 Å². The highest BCUT2D eigenvalue weighted by Crippen LogP contribution is 2.47. The van der Waals surface area contributed by atoms with Gasteiger partial charge in [0.1, 0.15) is 0 Å². The van der Waals surface area contributed by atoms with Crippen molar-refractivity contribution in [2.24, 2.45) is 5.41 Å². The number of aliphatic hydroxyl groups is 1. The summed E-state index contributed by atoms with van der Waals surface area (Å²) >= 11 is 0. The number of rotatable bonds is 6. The summed E-state index contributed by atoms with van der Waals surface area (Å²) in [5.74, 6) is 0. The van der Waals surface area contributed by atoms with Crippen LogP contribution < -0.4 is 5.32 Å². The number of hydrogen-bond acceptors (Lipinski definition) is 3. The van der Waals surface area contributed by atoms with Crippen molar-refractivity contribution in [1.29, 1.82) is 0 Å². The van der Waals surface area contributed by atoms with E-state index in [1.54, 1.807) is 0 Å². The highest BCUT2D eigenvalue weighted by molar-refractivity contribution is 4.95. The molecule has 0 radical (unpaired) electrons. The van der Waals surface area contributed by atoms with Gasteiger partial charge >= 0.3 is 0 Å². The second kappa shape index (κ2) is 4.63. The van der Waals surface area contributed by atoms with Crippen molar-refractivity contribution < 1.29 is 9.84 Å². The minimum Gasteiger partial charge on any atom is -0.396 e. The standard InChI is InChI=1S/C13H25NO2/c1-12(2)4-3-11(16-12)9-14-10-13(5-6-13)7-8-15/h11,14-15H,3-10H2,1-2H3. The lowest BCUT2D eigenvalue weighted by Crippen LogP contribution is -2.33. The summed E-state index contributed by atoms with van der Waals surface area (Å²) in [6.45, 7) is 6.68. The molecule has 1 unspecified atom stereocenters. The van der Waals surface area contributed by atoms with E-state index in [1.165, 1.54) is 25.7 Å². The molecule has 2 aliphatic rings. The molecule has 94 valence electrons. The van der Waals surface area contributed by atoms with Crippen LogP contribution in [-0.2, 0) is 4.74 Å². The molecule has 1 aliphatic carbocycles. The lowest BCUT2D eigenvalue weighted by atomic mass is 10.0. The van der Waals surface area contributed by atoms with Crippen LogP contribution in [0.2, 0.25) is 0 Å². The third-order valence-electron chi connectivity index (χ3n) is 4.03. The van der Waals surface area contributed by atoms with Gasteiger partial charge < -0.3 is 15.2 Å². The van der Waals surface area contributed by atoms with E-state index in [0.717, 1.165) is 19.5 Å². The van der Waals surface area contributed by atoms with Crippen molar-refractivity contribution in [2.75, 3.05) is 19.7 Å². The minimum atomic E-state index is 0.0781. The Kier molecular flexibility index (Phi) is 3.57. The number of hydrogen-bond donors (Lipinski definition) is 2. The lowest BCUT2D eigenvalue weighted by Gasteiger charge is -2.21. The molecule has 1 aliphatic heterocycles. The first-order valence-electron chi connectivity index (χ1n) is 6.55. The molecule has 0 amide bonds. The Bertz CT molecular complexity index is 236. The van der Waals surface area contributed by atoms with Crippen LogP contribution in [0.4, 0.5) is 0 Å². The van der Waals surface area contributed by atoms with Gasteiger partial charge in [0.2, 0.25) is 0 Å². The molecule has 2 fully saturated rings. The van der Waals surface area contributed by atoms with E-state index in [-0.39, 0.29) is 5.60 Å². The summed E-state index contributed by atoms with van der Waals surface area (Å²) in [5, 5.41) is 12.5. The summed E-state index contributed by atoms with van der Waals surface area (Å²) < 4.78 is 5.93. The van der Waals surface area contributed by atoms with Gasteiger partial charge in [-0.1, -0.05) is 0 Å². The normalized spacial score (nSPS) is 30.6. The van der Waals surface area contributed by atoms with E-state index in [4.69, 9.17) is 9.84 Å². The van der Waals surface area contributed by atoms with Crippen LogP contribution in [0, 0.1) is 5.41 Å². The van der Waals surface area contributed by atoms with Crippen molar-refractivity contribution >= 4 is 0 Å². The number of ether oxygens (including phenoxy) is 1. The van der Waals surface area contributed by atoms with Crippen molar-refractivity contribution in [2.45, 2.75) is 57.7 Å². The predicted molar refractivity (Wildman–Crippen MR) is 64.4 cm³/mol. The lowest BCUT2D eigenvalue weighted by molar-refractivity contribution is -0.0145. The molecule has 1 saturated heterocycles. The highest BCUT2D eigenvalue weighted by atomic mass is 16.5. The molecule has 0 spiro atoms. The van der Waals surface area contributed by atoms with Crippen molar-refractivity contribution in [3.05, 3.63) is 0 Å². The molecular weight excluding hydrogens is 202 g/mol. The van der Waals surface area contributed by atoms with Crippen LogP contribution in [0.5, 0.6) is 0 Å². The molecule has 1 atom stereocenters. The van der Waals surface area contributed by atoms with Crippen LogP contribution in [-0.4, -0.2) is 36.5 Å². The van der Waals surface area contributed by atoms with Crippen LogP contribution in [0.25, 0.3) is 0 Å². The quantitative estimate of drug-likeness (QED) is 0.725. The number of nitrogens with one attached hydrogen (secondary N) is 1. The summed E-state index contributed by atoms with van der Waals surface area (Å²) in [6.07, 6.45) is 6.24. The summed E-state index contributed by atoms with van der Waals surface area (Å²) in [7, 11) is 0. The zero-order valence-corrected chi connectivity index (χ0v) is 10.6. The number of aliphatic hydroxyl groups excluding tert-OH is 1. The third-order valence-corrected chi connectivity index (χ3v) is 4.03. The van der Waals surface area contributed by atoms with E-state index in [2.05, 4.69) is 19.2 Å². The molecule has 1 heterocycles. The summed E-state index contributed by atoms with van der Waals surface area (Å²) in [6, 6.07) is 0. The van der Waals surface area contributed by atoms with E-state index in [1.807, 2.05) is 0 Å². The maximum Gasteiger partial charge on any atom is 0.0707 e. The average molecular weight is 227 g/mol. The second-order valence-electron chi connectivity index (χ2n) is 6.14. The first-order valence-corrected chi connectivity index (χ1v) is 6.55. The average Bonchev–Trinajstić information content (AvgIpc) is 2.86. The molecule has 16 heavy (non-hydrogen) atoms. The van der Waals surface area contributed by atoms with Gasteiger partial charge in [-0.25, -0.2) is 0 Å². The van der Waals surface area contributed by atoms with E-state index < -0.39 is 0 Å². The fourth-order valence-corrected chi connectivity index (χ4v) is 2.65. The second-order valence-corrected chi connectivity index (χ2v) is 6.14. The Morgan fingerprint density at radius 1 is 1.31 bits per heavy atom. The van der Waals surface area contributed by atoms with Gasteiger partial charge in [0.05, 0.1) is 11.7 Å².